The van der Waals surface area contributed by atoms with Gasteiger partial charge in [-0.3, -0.25) is 9.59 Å². The molecule has 2 aromatic carbocycles. The molecule has 7 nitrogen and oxygen atoms in total. The first kappa shape index (κ1) is 23.9. The van der Waals surface area contributed by atoms with Gasteiger partial charge in [-0.05, 0) is 37.6 Å². The van der Waals surface area contributed by atoms with Crippen molar-refractivity contribution in [2.45, 2.75) is 25.5 Å². The molecule has 1 aliphatic heterocycles. The Morgan fingerprint density at radius 3 is 2.35 bits per heavy atom. The fourth-order valence-electron chi connectivity index (χ4n) is 3.89. The fraction of sp³-hybridized carbons (Fsp3) is 0.333. The lowest BCUT2D eigenvalue weighted by Gasteiger charge is -2.34. The smallest absolute Gasteiger partial charge is 0.254 e. The summed E-state index contributed by atoms with van der Waals surface area (Å²) in [6, 6.07) is 11.1. The third-order valence-corrected chi connectivity index (χ3v) is 6.78. The Morgan fingerprint density at radius 1 is 0.971 bits per heavy atom. The minimum atomic E-state index is -1.05. The second-order valence-corrected chi connectivity index (χ2v) is 8.90. The van der Waals surface area contributed by atoms with Gasteiger partial charge in [-0.25, -0.2) is 8.78 Å². The van der Waals surface area contributed by atoms with Gasteiger partial charge in [0.15, 0.2) is 22.6 Å². The molecule has 0 radical (unpaired) electrons. The SMILES string of the molecule is CCn1c(SCC(=O)N2CCN(C(=O)c3ccc(F)c(F)c3)CC2)nnc1-c1ccccc1C. The van der Waals surface area contributed by atoms with Crippen LogP contribution in [0.5, 0.6) is 0 Å². The van der Waals surface area contributed by atoms with Crippen LogP contribution in [0.25, 0.3) is 11.4 Å². The van der Waals surface area contributed by atoms with Crippen LogP contribution in [0.1, 0.15) is 22.8 Å². The Labute approximate surface area is 200 Å². The first-order valence-electron chi connectivity index (χ1n) is 11.0. The predicted molar refractivity (Wildman–Crippen MR) is 125 cm³/mol. The lowest BCUT2D eigenvalue weighted by molar-refractivity contribution is -0.129. The molecule has 0 N–H and O–H groups in total. The predicted octanol–water partition coefficient (Wildman–Crippen LogP) is 3.63. The molecule has 0 atom stereocenters. The summed E-state index contributed by atoms with van der Waals surface area (Å²) in [6.07, 6.45) is 0. The highest BCUT2D eigenvalue weighted by atomic mass is 32.2. The lowest BCUT2D eigenvalue weighted by Crippen LogP contribution is -2.51. The standard InChI is InChI=1S/C24H25F2N5O2S/c1-3-31-22(18-7-5-4-6-16(18)2)27-28-24(31)34-15-21(32)29-10-12-30(13-11-29)23(33)17-8-9-19(25)20(26)14-17/h4-9,14H,3,10-13,15H2,1-2H3. The first-order chi connectivity index (χ1) is 16.4. The lowest BCUT2D eigenvalue weighted by atomic mass is 10.1. The molecule has 0 saturated carbocycles. The molecule has 1 saturated heterocycles. The maximum absolute atomic E-state index is 13.5. The second kappa shape index (κ2) is 10.3. The highest BCUT2D eigenvalue weighted by Crippen LogP contribution is 2.26. The number of halogens is 2. The van der Waals surface area contributed by atoms with Crippen molar-refractivity contribution in [2.24, 2.45) is 0 Å². The Bertz CT molecular complexity index is 1210. The third-order valence-electron chi connectivity index (χ3n) is 5.83. The Morgan fingerprint density at radius 2 is 1.68 bits per heavy atom. The van der Waals surface area contributed by atoms with E-state index in [0.717, 1.165) is 29.1 Å². The molecule has 0 aliphatic carbocycles. The van der Waals surface area contributed by atoms with Crippen molar-refractivity contribution in [2.75, 3.05) is 31.9 Å². The Kier molecular flexibility index (Phi) is 7.26. The van der Waals surface area contributed by atoms with Gasteiger partial charge in [-0.2, -0.15) is 0 Å². The van der Waals surface area contributed by atoms with Gasteiger partial charge in [0.05, 0.1) is 5.75 Å². The number of amides is 2. The van der Waals surface area contributed by atoms with Crippen LogP contribution >= 0.6 is 11.8 Å². The summed E-state index contributed by atoms with van der Waals surface area (Å²) in [5.74, 6) is -1.48. The molecule has 1 aliphatic rings. The average Bonchev–Trinajstić information content (AvgIpc) is 3.26. The van der Waals surface area contributed by atoms with Crippen molar-refractivity contribution in [1.82, 2.24) is 24.6 Å². The van der Waals surface area contributed by atoms with Crippen LogP contribution in [0.2, 0.25) is 0 Å². The van der Waals surface area contributed by atoms with Crippen LogP contribution in [-0.2, 0) is 11.3 Å². The monoisotopic (exact) mass is 485 g/mol. The summed E-state index contributed by atoms with van der Waals surface area (Å²) in [6.45, 7) is 6.14. The van der Waals surface area contributed by atoms with Gasteiger partial charge >= 0.3 is 0 Å². The minimum absolute atomic E-state index is 0.0481. The molecule has 2 amide bonds. The van der Waals surface area contributed by atoms with Crippen molar-refractivity contribution in [3.05, 3.63) is 65.2 Å². The molecule has 178 valence electrons. The van der Waals surface area contributed by atoms with Crippen molar-refractivity contribution in [1.29, 1.82) is 0 Å². The number of hydrogen-bond donors (Lipinski definition) is 0. The number of hydrogen-bond acceptors (Lipinski definition) is 5. The highest BCUT2D eigenvalue weighted by Gasteiger charge is 2.26. The zero-order valence-corrected chi connectivity index (χ0v) is 19.8. The molecule has 4 rings (SSSR count). The molecule has 10 heteroatoms. The quantitative estimate of drug-likeness (QED) is 0.499. The van der Waals surface area contributed by atoms with Crippen LogP contribution in [0, 0.1) is 18.6 Å². The van der Waals surface area contributed by atoms with E-state index in [1.54, 1.807) is 9.80 Å². The fourth-order valence-corrected chi connectivity index (χ4v) is 4.80. The number of piperazine rings is 1. The summed E-state index contributed by atoms with van der Waals surface area (Å²) >= 11 is 1.34. The van der Waals surface area contributed by atoms with Crippen LogP contribution < -0.4 is 0 Å². The van der Waals surface area contributed by atoms with Gasteiger partial charge in [0.2, 0.25) is 5.91 Å². The van der Waals surface area contributed by atoms with Gasteiger partial charge in [-0.15, -0.1) is 10.2 Å². The van der Waals surface area contributed by atoms with Crippen LogP contribution in [0.15, 0.2) is 47.6 Å². The summed E-state index contributed by atoms with van der Waals surface area (Å²) < 4.78 is 28.6. The first-order valence-corrected chi connectivity index (χ1v) is 12.0. The minimum Gasteiger partial charge on any atom is -0.338 e. The van der Waals surface area contributed by atoms with Crippen LogP contribution in [0.4, 0.5) is 8.78 Å². The number of aromatic nitrogens is 3. The van der Waals surface area contributed by atoms with Crippen molar-refractivity contribution in [3.63, 3.8) is 0 Å². The number of carbonyl (C=O) groups is 2. The van der Waals surface area contributed by atoms with E-state index in [0.29, 0.717) is 37.9 Å². The van der Waals surface area contributed by atoms with E-state index in [9.17, 15) is 18.4 Å². The van der Waals surface area contributed by atoms with Crippen LogP contribution in [-0.4, -0.2) is 68.3 Å². The van der Waals surface area contributed by atoms with E-state index in [4.69, 9.17) is 0 Å². The van der Waals surface area contributed by atoms with Gasteiger partial charge in [0.1, 0.15) is 0 Å². The number of rotatable bonds is 6. The number of aryl methyl sites for hydroxylation is 1. The summed E-state index contributed by atoms with van der Waals surface area (Å²) in [5, 5.41) is 9.33. The number of benzene rings is 2. The summed E-state index contributed by atoms with van der Waals surface area (Å²) in [7, 11) is 0. The molecule has 1 aromatic heterocycles. The van der Waals surface area contributed by atoms with Crippen molar-refractivity contribution >= 4 is 23.6 Å². The van der Waals surface area contributed by atoms with E-state index < -0.39 is 11.6 Å². The second-order valence-electron chi connectivity index (χ2n) is 7.96. The molecular formula is C24H25F2N5O2S. The Hall–Kier alpha value is -3.27. The van der Waals surface area contributed by atoms with Gasteiger partial charge in [0.25, 0.3) is 5.91 Å². The molecule has 1 fully saturated rings. The number of carbonyl (C=O) groups excluding carboxylic acids is 2. The molecular weight excluding hydrogens is 460 g/mol. The normalized spacial score (nSPS) is 13.9. The van der Waals surface area contributed by atoms with Gasteiger partial charge in [0, 0.05) is 43.9 Å². The number of thioether (sulfide) groups is 1. The van der Waals surface area contributed by atoms with E-state index in [1.807, 2.05) is 42.7 Å². The van der Waals surface area contributed by atoms with Gasteiger partial charge in [-0.1, -0.05) is 36.0 Å². The summed E-state index contributed by atoms with van der Waals surface area (Å²) in [5.41, 5.74) is 2.21. The van der Waals surface area contributed by atoms with E-state index in [-0.39, 0.29) is 23.1 Å². The average molecular weight is 486 g/mol. The highest BCUT2D eigenvalue weighted by molar-refractivity contribution is 7.99. The van der Waals surface area contributed by atoms with E-state index in [1.165, 1.54) is 17.8 Å². The molecule has 0 bridgehead atoms. The van der Waals surface area contributed by atoms with E-state index in [2.05, 4.69) is 10.2 Å². The molecule has 3 aromatic rings. The van der Waals surface area contributed by atoms with Crippen molar-refractivity contribution < 1.29 is 18.4 Å². The summed E-state index contributed by atoms with van der Waals surface area (Å²) in [4.78, 5) is 28.6. The number of nitrogens with zero attached hydrogens (tertiary/aromatic N) is 5. The molecule has 34 heavy (non-hydrogen) atoms. The maximum Gasteiger partial charge on any atom is 0.254 e. The topological polar surface area (TPSA) is 71.3 Å². The third kappa shape index (κ3) is 4.96. The van der Waals surface area contributed by atoms with Crippen molar-refractivity contribution in [3.8, 4) is 11.4 Å². The molecule has 0 unspecified atom stereocenters. The Balaban J connectivity index is 1.34. The maximum atomic E-state index is 13.5. The van der Waals surface area contributed by atoms with Crippen LogP contribution in [0.3, 0.4) is 0 Å². The molecule has 0 spiro atoms. The largest absolute Gasteiger partial charge is 0.338 e. The van der Waals surface area contributed by atoms with Gasteiger partial charge < -0.3 is 14.4 Å². The molecule has 2 heterocycles. The zero-order valence-electron chi connectivity index (χ0n) is 19.0. The zero-order chi connectivity index (χ0) is 24.2. The van der Waals surface area contributed by atoms with E-state index >= 15 is 0 Å².